The SMILES string of the molecule is COC(CCS(=O)c1ccccc1)(OC)OC. The Balaban J connectivity index is 2.59. The van der Waals surface area contributed by atoms with E-state index < -0.39 is 16.8 Å². The van der Waals surface area contributed by atoms with E-state index in [1.54, 1.807) is 0 Å². The van der Waals surface area contributed by atoms with Crippen molar-refractivity contribution in [1.82, 2.24) is 0 Å². The van der Waals surface area contributed by atoms with Crippen LogP contribution in [0.1, 0.15) is 6.42 Å². The van der Waals surface area contributed by atoms with E-state index in [2.05, 4.69) is 0 Å². The second-order valence-corrected chi connectivity index (χ2v) is 4.98. The van der Waals surface area contributed by atoms with Crippen molar-refractivity contribution in [3.63, 3.8) is 0 Å². The van der Waals surface area contributed by atoms with Crippen molar-refractivity contribution in [1.29, 1.82) is 0 Å². The maximum Gasteiger partial charge on any atom is 0.283 e. The zero-order valence-corrected chi connectivity index (χ0v) is 11.2. The van der Waals surface area contributed by atoms with E-state index in [4.69, 9.17) is 14.2 Å². The lowest BCUT2D eigenvalue weighted by Gasteiger charge is -2.28. The fourth-order valence-electron chi connectivity index (χ4n) is 1.46. The molecule has 17 heavy (non-hydrogen) atoms. The molecule has 0 radical (unpaired) electrons. The second kappa shape index (κ2) is 6.86. The first-order valence-electron chi connectivity index (χ1n) is 5.26. The van der Waals surface area contributed by atoms with E-state index in [9.17, 15) is 4.21 Å². The quantitative estimate of drug-likeness (QED) is 0.699. The normalized spacial score (nSPS) is 13.6. The van der Waals surface area contributed by atoms with E-state index in [0.717, 1.165) is 4.90 Å². The zero-order chi connectivity index (χ0) is 12.7. The molecule has 96 valence electrons. The summed E-state index contributed by atoms with van der Waals surface area (Å²) in [6, 6.07) is 9.30. The van der Waals surface area contributed by atoms with Crippen LogP contribution in [-0.2, 0) is 25.0 Å². The number of rotatable bonds is 7. The van der Waals surface area contributed by atoms with Gasteiger partial charge in [-0.25, -0.2) is 0 Å². The van der Waals surface area contributed by atoms with Crippen LogP contribution in [-0.4, -0.2) is 37.3 Å². The lowest BCUT2D eigenvalue weighted by molar-refractivity contribution is -0.352. The summed E-state index contributed by atoms with van der Waals surface area (Å²) in [5.41, 5.74) is 0. The minimum atomic E-state index is -1.11. The summed E-state index contributed by atoms with van der Waals surface area (Å²) in [4.78, 5) is 0.796. The van der Waals surface area contributed by atoms with Gasteiger partial charge in [0.05, 0.1) is 10.8 Å². The fourth-order valence-corrected chi connectivity index (χ4v) is 2.60. The highest BCUT2D eigenvalue weighted by molar-refractivity contribution is 7.85. The molecule has 1 rings (SSSR count). The Morgan fingerprint density at radius 3 is 2.06 bits per heavy atom. The van der Waals surface area contributed by atoms with Gasteiger partial charge in [0.25, 0.3) is 5.97 Å². The van der Waals surface area contributed by atoms with Crippen molar-refractivity contribution < 1.29 is 18.4 Å². The number of hydrogen-bond acceptors (Lipinski definition) is 4. The van der Waals surface area contributed by atoms with E-state index >= 15 is 0 Å². The minimum absolute atomic E-state index is 0.401. The van der Waals surface area contributed by atoms with Gasteiger partial charge in [-0.2, -0.15) is 0 Å². The molecule has 0 saturated carbocycles. The first kappa shape index (κ1) is 14.3. The predicted octanol–water partition coefficient (Wildman–Crippen LogP) is 1.78. The van der Waals surface area contributed by atoms with Crippen molar-refractivity contribution >= 4 is 10.8 Å². The van der Waals surface area contributed by atoms with Gasteiger partial charge in [-0.15, -0.1) is 0 Å². The summed E-state index contributed by atoms with van der Waals surface area (Å²) in [6.45, 7) is 0. The van der Waals surface area contributed by atoms with Gasteiger partial charge in [0.1, 0.15) is 0 Å². The molecule has 0 aliphatic heterocycles. The van der Waals surface area contributed by atoms with Crippen LogP contribution in [0.25, 0.3) is 0 Å². The van der Waals surface area contributed by atoms with Gasteiger partial charge in [0, 0.05) is 38.4 Å². The summed E-state index contributed by atoms with van der Waals surface area (Å²) in [6.07, 6.45) is 0.401. The van der Waals surface area contributed by atoms with Crippen LogP contribution in [0.2, 0.25) is 0 Å². The van der Waals surface area contributed by atoms with Gasteiger partial charge in [0.2, 0.25) is 0 Å². The Hall–Kier alpha value is -0.750. The minimum Gasteiger partial charge on any atom is -0.331 e. The van der Waals surface area contributed by atoms with Crippen molar-refractivity contribution in [3.8, 4) is 0 Å². The lowest BCUT2D eigenvalue weighted by atomic mass is 10.4. The van der Waals surface area contributed by atoms with Crippen LogP contribution in [0, 0.1) is 0 Å². The average Bonchev–Trinajstić information content (AvgIpc) is 2.41. The molecular formula is C12H18O4S. The Bertz CT molecular complexity index is 341. The highest BCUT2D eigenvalue weighted by Gasteiger charge is 2.29. The smallest absolute Gasteiger partial charge is 0.283 e. The van der Waals surface area contributed by atoms with Crippen LogP contribution in [0.15, 0.2) is 35.2 Å². The number of methoxy groups -OCH3 is 3. The van der Waals surface area contributed by atoms with E-state index in [1.807, 2.05) is 30.3 Å². The van der Waals surface area contributed by atoms with Crippen LogP contribution in [0.4, 0.5) is 0 Å². The van der Waals surface area contributed by atoms with Crippen LogP contribution >= 0.6 is 0 Å². The highest BCUT2D eigenvalue weighted by Crippen LogP contribution is 2.19. The Morgan fingerprint density at radius 1 is 1.06 bits per heavy atom. The molecule has 0 N–H and O–H groups in total. The molecule has 0 aliphatic rings. The molecule has 5 heteroatoms. The van der Waals surface area contributed by atoms with Gasteiger partial charge in [-0.1, -0.05) is 18.2 Å². The van der Waals surface area contributed by atoms with Crippen molar-refractivity contribution in [2.75, 3.05) is 27.1 Å². The molecule has 1 aromatic carbocycles. The average molecular weight is 258 g/mol. The molecule has 0 bridgehead atoms. The third kappa shape index (κ3) is 3.89. The van der Waals surface area contributed by atoms with Gasteiger partial charge in [-0.05, 0) is 12.1 Å². The van der Waals surface area contributed by atoms with Gasteiger partial charge >= 0.3 is 0 Å². The summed E-state index contributed by atoms with van der Waals surface area (Å²) in [5, 5.41) is 0. The third-order valence-electron chi connectivity index (χ3n) is 2.53. The molecule has 4 nitrogen and oxygen atoms in total. The van der Waals surface area contributed by atoms with Gasteiger partial charge in [0.15, 0.2) is 0 Å². The summed E-state index contributed by atoms with van der Waals surface area (Å²) in [7, 11) is 3.42. The fraction of sp³-hybridized carbons (Fsp3) is 0.500. The Morgan fingerprint density at radius 2 is 1.59 bits per heavy atom. The summed E-state index contributed by atoms with van der Waals surface area (Å²) < 4.78 is 27.4. The molecule has 0 fully saturated rings. The zero-order valence-electron chi connectivity index (χ0n) is 10.3. The molecule has 0 amide bonds. The molecule has 0 aliphatic carbocycles. The second-order valence-electron chi connectivity index (χ2n) is 3.41. The highest BCUT2D eigenvalue weighted by atomic mass is 32.2. The van der Waals surface area contributed by atoms with Gasteiger partial charge in [-0.3, -0.25) is 4.21 Å². The molecule has 0 saturated heterocycles. The van der Waals surface area contributed by atoms with Crippen molar-refractivity contribution in [3.05, 3.63) is 30.3 Å². The number of benzene rings is 1. The maximum atomic E-state index is 12.0. The Labute approximate surface area is 104 Å². The number of ether oxygens (including phenoxy) is 3. The van der Waals surface area contributed by atoms with E-state index in [1.165, 1.54) is 21.3 Å². The molecule has 1 aromatic rings. The first-order chi connectivity index (χ1) is 8.17. The predicted molar refractivity (Wildman–Crippen MR) is 66.1 cm³/mol. The first-order valence-corrected chi connectivity index (χ1v) is 6.58. The van der Waals surface area contributed by atoms with Crippen molar-refractivity contribution in [2.45, 2.75) is 17.3 Å². The molecule has 0 heterocycles. The van der Waals surface area contributed by atoms with Crippen LogP contribution < -0.4 is 0 Å². The summed E-state index contributed by atoms with van der Waals surface area (Å²) >= 11 is 0. The monoisotopic (exact) mass is 258 g/mol. The van der Waals surface area contributed by atoms with E-state index in [-0.39, 0.29) is 0 Å². The molecule has 1 atom stereocenters. The van der Waals surface area contributed by atoms with Crippen LogP contribution in [0.5, 0.6) is 0 Å². The largest absolute Gasteiger partial charge is 0.331 e. The number of hydrogen-bond donors (Lipinski definition) is 0. The van der Waals surface area contributed by atoms with Gasteiger partial charge < -0.3 is 14.2 Å². The molecule has 0 aromatic heterocycles. The summed E-state index contributed by atoms with van der Waals surface area (Å²) in [5.74, 6) is -0.691. The topological polar surface area (TPSA) is 44.8 Å². The standard InChI is InChI=1S/C12H18O4S/c1-14-12(15-2,16-3)9-10-17(13)11-7-5-4-6-8-11/h4-8H,9-10H2,1-3H3. The lowest BCUT2D eigenvalue weighted by Crippen LogP contribution is -2.37. The van der Waals surface area contributed by atoms with Crippen molar-refractivity contribution in [2.24, 2.45) is 0 Å². The van der Waals surface area contributed by atoms with E-state index in [0.29, 0.717) is 12.2 Å². The Kier molecular flexibility index (Phi) is 5.77. The molecular weight excluding hydrogens is 240 g/mol. The third-order valence-corrected chi connectivity index (χ3v) is 3.91. The molecule has 1 unspecified atom stereocenters. The molecule has 0 spiro atoms. The maximum absolute atomic E-state index is 12.0. The van der Waals surface area contributed by atoms with Crippen LogP contribution in [0.3, 0.4) is 0 Å².